The summed E-state index contributed by atoms with van der Waals surface area (Å²) in [6.07, 6.45) is 1.11. The van der Waals surface area contributed by atoms with Gasteiger partial charge in [-0.2, -0.15) is 0 Å². The van der Waals surface area contributed by atoms with Crippen LogP contribution in [0.2, 0.25) is 0 Å². The second-order valence-corrected chi connectivity index (χ2v) is 3.53. The summed E-state index contributed by atoms with van der Waals surface area (Å²) in [5.74, 6) is -0.0855. The fourth-order valence-electron chi connectivity index (χ4n) is 1.35. The Morgan fingerprint density at radius 1 is 1.33 bits per heavy atom. The van der Waals surface area contributed by atoms with E-state index in [1.54, 1.807) is 12.1 Å². The molecule has 0 saturated carbocycles. The Labute approximate surface area is 102 Å². The first-order valence-electron chi connectivity index (χ1n) is 5.13. The summed E-state index contributed by atoms with van der Waals surface area (Å²) < 4.78 is 18.2. The highest BCUT2D eigenvalue weighted by molar-refractivity contribution is 5.29. The highest BCUT2D eigenvalue weighted by atomic mass is 19.1. The van der Waals surface area contributed by atoms with E-state index in [1.165, 1.54) is 24.3 Å². The number of nitro groups is 1. The summed E-state index contributed by atoms with van der Waals surface area (Å²) in [6.45, 7) is 0.155. The van der Waals surface area contributed by atoms with Gasteiger partial charge in [0, 0.05) is 12.1 Å². The zero-order valence-electron chi connectivity index (χ0n) is 9.25. The predicted octanol–water partition coefficient (Wildman–Crippen LogP) is 2.71. The standard InChI is InChI=1S/C12H9FN2O3/c13-10-3-1-2-9(6-10)8-18-12-5-4-11(7-14-12)15(16)17/h1-7H,8H2. The summed E-state index contributed by atoms with van der Waals surface area (Å²) in [7, 11) is 0. The smallest absolute Gasteiger partial charge is 0.287 e. The number of hydrogen-bond donors (Lipinski definition) is 0. The van der Waals surface area contributed by atoms with Crippen molar-refractivity contribution in [3.8, 4) is 5.88 Å². The van der Waals surface area contributed by atoms with Crippen molar-refractivity contribution < 1.29 is 14.1 Å². The zero-order valence-corrected chi connectivity index (χ0v) is 9.25. The lowest BCUT2D eigenvalue weighted by Gasteiger charge is -2.04. The summed E-state index contributed by atoms with van der Waals surface area (Å²) in [4.78, 5) is 13.7. The summed E-state index contributed by atoms with van der Waals surface area (Å²) >= 11 is 0. The number of aromatic nitrogens is 1. The fraction of sp³-hybridized carbons (Fsp3) is 0.0833. The van der Waals surface area contributed by atoms with E-state index < -0.39 is 4.92 Å². The van der Waals surface area contributed by atoms with Gasteiger partial charge in [0.1, 0.15) is 18.6 Å². The molecule has 0 atom stereocenters. The molecule has 0 saturated heterocycles. The highest BCUT2D eigenvalue weighted by Crippen LogP contribution is 2.15. The third kappa shape index (κ3) is 3.00. The largest absolute Gasteiger partial charge is 0.473 e. The van der Waals surface area contributed by atoms with Gasteiger partial charge in [0.25, 0.3) is 5.69 Å². The van der Waals surface area contributed by atoms with Crippen LogP contribution >= 0.6 is 0 Å². The molecule has 2 aromatic rings. The normalized spacial score (nSPS) is 10.1. The highest BCUT2D eigenvalue weighted by Gasteiger charge is 2.05. The number of nitrogens with zero attached hydrogens (tertiary/aromatic N) is 2. The Balaban J connectivity index is 2.00. The van der Waals surface area contributed by atoms with Crippen molar-refractivity contribution in [1.29, 1.82) is 0 Å². The van der Waals surface area contributed by atoms with Crippen molar-refractivity contribution in [2.45, 2.75) is 6.61 Å². The van der Waals surface area contributed by atoms with Crippen molar-refractivity contribution in [2.75, 3.05) is 0 Å². The second kappa shape index (κ2) is 5.22. The average Bonchev–Trinajstić information content (AvgIpc) is 2.37. The minimum Gasteiger partial charge on any atom is -0.473 e. The predicted molar refractivity (Wildman–Crippen MR) is 61.6 cm³/mol. The maximum atomic E-state index is 12.9. The van der Waals surface area contributed by atoms with Gasteiger partial charge in [0.05, 0.1) is 4.92 Å². The van der Waals surface area contributed by atoms with Gasteiger partial charge in [0.15, 0.2) is 0 Å². The van der Waals surface area contributed by atoms with Crippen LogP contribution in [0.3, 0.4) is 0 Å². The van der Waals surface area contributed by atoms with E-state index in [4.69, 9.17) is 4.74 Å². The number of pyridine rings is 1. The zero-order chi connectivity index (χ0) is 13.0. The van der Waals surface area contributed by atoms with Crippen LogP contribution in [0.5, 0.6) is 5.88 Å². The first-order valence-corrected chi connectivity index (χ1v) is 5.13. The van der Waals surface area contributed by atoms with Crippen molar-refractivity contribution in [1.82, 2.24) is 4.98 Å². The number of benzene rings is 1. The molecule has 0 aliphatic heterocycles. The first kappa shape index (κ1) is 12.0. The summed E-state index contributed by atoms with van der Waals surface area (Å²) in [5.41, 5.74) is 0.559. The van der Waals surface area contributed by atoms with Gasteiger partial charge in [-0.1, -0.05) is 12.1 Å². The van der Waals surface area contributed by atoms with E-state index in [2.05, 4.69) is 4.98 Å². The maximum absolute atomic E-state index is 12.9. The molecule has 0 fully saturated rings. The van der Waals surface area contributed by atoms with E-state index >= 15 is 0 Å². The molecule has 1 aromatic carbocycles. The van der Waals surface area contributed by atoms with Crippen LogP contribution in [0, 0.1) is 15.9 Å². The molecule has 2 rings (SSSR count). The molecule has 6 heteroatoms. The van der Waals surface area contributed by atoms with Gasteiger partial charge in [-0.3, -0.25) is 10.1 Å². The first-order chi connectivity index (χ1) is 8.65. The molecule has 0 N–H and O–H groups in total. The molecule has 1 aromatic heterocycles. The molecule has 92 valence electrons. The molecule has 1 heterocycles. The fourth-order valence-corrected chi connectivity index (χ4v) is 1.35. The quantitative estimate of drug-likeness (QED) is 0.616. The Kier molecular flexibility index (Phi) is 3.47. The average molecular weight is 248 g/mol. The summed E-state index contributed by atoms with van der Waals surface area (Å²) in [6, 6.07) is 8.69. The molecule has 0 radical (unpaired) electrons. The van der Waals surface area contributed by atoms with Gasteiger partial charge in [-0.25, -0.2) is 9.37 Å². The van der Waals surface area contributed by atoms with Gasteiger partial charge in [-0.05, 0) is 17.7 Å². The molecule has 0 unspecified atom stereocenters. The molecular formula is C12H9FN2O3. The molecular weight excluding hydrogens is 239 g/mol. The molecule has 5 nitrogen and oxygen atoms in total. The molecule has 0 spiro atoms. The van der Waals surface area contributed by atoms with E-state index in [9.17, 15) is 14.5 Å². The van der Waals surface area contributed by atoms with E-state index in [-0.39, 0.29) is 24.0 Å². The summed E-state index contributed by atoms with van der Waals surface area (Å²) in [5, 5.41) is 10.4. The van der Waals surface area contributed by atoms with Gasteiger partial charge < -0.3 is 4.74 Å². The van der Waals surface area contributed by atoms with E-state index in [1.807, 2.05) is 0 Å². The number of rotatable bonds is 4. The molecule has 0 aliphatic rings. The van der Waals surface area contributed by atoms with Crippen LogP contribution in [0.4, 0.5) is 10.1 Å². The van der Waals surface area contributed by atoms with E-state index in [0.29, 0.717) is 5.56 Å². The van der Waals surface area contributed by atoms with Crippen LogP contribution in [0.1, 0.15) is 5.56 Å². The molecule has 0 bridgehead atoms. The van der Waals surface area contributed by atoms with Crippen LogP contribution in [0.25, 0.3) is 0 Å². The Bertz CT molecular complexity index is 558. The van der Waals surface area contributed by atoms with Crippen LogP contribution in [0.15, 0.2) is 42.6 Å². The number of halogens is 1. The minimum atomic E-state index is -0.538. The molecule has 0 aliphatic carbocycles. The maximum Gasteiger partial charge on any atom is 0.287 e. The van der Waals surface area contributed by atoms with Crippen LogP contribution < -0.4 is 4.74 Å². The SMILES string of the molecule is O=[N+]([O-])c1ccc(OCc2cccc(F)c2)nc1. The minimum absolute atomic E-state index is 0.104. The molecule has 0 amide bonds. The second-order valence-electron chi connectivity index (χ2n) is 3.53. The Morgan fingerprint density at radius 2 is 2.17 bits per heavy atom. The lowest BCUT2D eigenvalue weighted by atomic mass is 10.2. The topological polar surface area (TPSA) is 65.3 Å². The Hall–Kier alpha value is -2.50. The molecule has 18 heavy (non-hydrogen) atoms. The number of ether oxygens (including phenoxy) is 1. The van der Waals surface area contributed by atoms with Crippen LogP contribution in [-0.2, 0) is 6.61 Å². The third-order valence-electron chi connectivity index (χ3n) is 2.21. The third-order valence-corrected chi connectivity index (χ3v) is 2.21. The lowest BCUT2D eigenvalue weighted by molar-refractivity contribution is -0.385. The van der Waals surface area contributed by atoms with Gasteiger partial charge >= 0.3 is 0 Å². The van der Waals surface area contributed by atoms with Gasteiger partial charge in [0.2, 0.25) is 5.88 Å². The van der Waals surface area contributed by atoms with E-state index in [0.717, 1.165) is 6.20 Å². The van der Waals surface area contributed by atoms with Crippen molar-refractivity contribution in [2.24, 2.45) is 0 Å². The monoisotopic (exact) mass is 248 g/mol. The van der Waals surface area contributed by atoms with Crippen LogP contribution in [-0.4, -0.2) is 9.91 Å². The van der Waals surface area contributed by atoms with Crippen molar-refractivity contribution in [3.05, 3.63) is 64.1 Å². The van der Waals surface area contributed by atoms with Crippen molar-refractivity contribution in [3.63, 3.8) is 0 Å². The van der Waals surface area contributed by atoms with Gasteiger partial charge in [-0.15, -0.1) is 0 Å². The Morgan fingerprint density at radius 3 is 2.78 bits per heavy atom. The number of hydrogen-bond acceptors (Lipinski definition) is 4. The lowest BCUT2D eigenvalue weighted by Crippen LogP contribution is -1.98. The van der Waals surface area contributed by atoms with Crippen molar-refractivity contribution >= 4 is 5.69 Å².